The van der Waals surface area contributed by atoms with Gasteiger partial charge in [0.05, 0.1) is 6.42 Å². The van der Waals surface area contributed by atoms with Gasteiger partial charge in [0.1, 0.15) is 0 Å². The molecule has 1 atom stereocenters. The van der Waals surface area contributed by atoms with E-state index < -0.39 is 18.5 Å². The van der Waals surface area contributed by atoms with E-state index in [0.717, 1.165) is 15.2 Å². The number of hydrogen-bond acceptors (Lipinski definition) is 2. The second-order valence-corrected chi connectivity index (χ2v) is 7.02. The van der Waals surface area contributed by atoms with Gasteiger partial charge >= 0.3 is 6.18 Å². The van der Waals surface area contributed by atoms with E-state index >= 15 is 0 Å². The Hall–Kier alpha value is -2.21. The normalized spacial score (nSPS) is 14.6. The van der Waals surface area contributed by atoms with Crippen LogP contribution in [0.1, 0.15) is 23.5 Å². The first kappa shape index (κ1) is 17.2. The van der Waals surface area contributed by atoms with Crippen LogP contribution < -0.4 is 9.47 Å². The lowest BCUT2D eigenvalue weighted by atomic mass is 9.85. The quantitative estimate of drug-likeness (QED) is 0.485. The maximum Gasteiger partial charge on any atom is 0.390 e. The van der Waals surface area contributed by atoms with E-state index in [4.69, 9.17) is 9.47 Å². The van der Waals surface area contributed by atoms with Crippen LogP contribution in [-0.4, -0.2) is 13.0 Å². The van der Waals surface area contributed by atoms with Gasteiger partial charge in [0, 0.05) is 10.4 Å². The van der Waals surface area contributed by atoms with E-state index in [-0.39, 0.29) is 6.79 Å². The molecule has 0 fully saturated rings. The van der Waals surface area contributed by atoms with Crippen molar-refractivity contribution >= 4 is 26.7 Å². The van der Waals surface area contributed by atoms with Gasteiger partial charge in [-0.15, -0.1) is 0 Å². The van der Waals surface area contributed by atoms with Crippen molar-refractivity contribution in [3.63, 3.8) is 0 Å². The number of hydrogen-bond donors (Lipinski definition) is 0. The average molecular weight is 423 g/mol. The monoisotopic (exact) mass is 422 g/mol. The molecule has 3 aromatic rings. The highest BCUT2D eigenvalue weighted by molar-refractivity contribution is 9.10. The molecule has 0 N–H and O–H groups in total. The molecule has 0 bridgehead atoms. The molecular weight excluding hydrogens is 409 g/mol. The van der Waals surface area contributed by atoms with Crippen LogP contribution in [0.2, 0.25) is 0 Å². The fourth-order valence-corrected chi connectivity index (χ4v) is 3.84. The van der Waals surface area contributed by atoms with Gasteiger partial charge in [0.15, 0.2) is 11.5 Å². The Morgan fingerprint density at radius 1 is 0.923 bits per heavy atom. The molecular formula is C20H14BrF3O2. The highest BCUT2D eigenvalue weighted by atomic mass is 79.9. The summed E-state index contributed by atoms with van der Waals surface area (Å²) in [5, 5.41) is 1.69. The summed E-state index contributed by atoms with van der Waals surface area (Å²) in [6.07, 6.45) is -5.24. The molecule has 2 nitrogen and oxygen atoms in total. The van der Waals surface area contributed by atoms with Crippen LogP contribution in [0, 0.1) is 0 Å². The number of rotatable bonds is 3. The minimum atomic E-state index is -4.30. The number of halogens is 4. The third kappa shape index (κ3) is 3.26. The highest BCUT2D eigenvalue weighted by Gasteiger charge is 2.34. The third-order valence-corrected chi connectivity index (χ3v) is 5.21. The molecule has 0 amide bonds. The van der Waals surface area contributed by atoms with E-state index in [1.807, 2.05) is 24.3 Å². The molecule has 1 aliphatic heterocycles. The van der Waals surface area contributed by atoms with Crippen LogP contribution in [0.5, 0.6) is 11.5 Å². The summed E-state index contributed by atoms with van der Waals surface area (Å²) in [5.41, 5.74) is 1.19. The molecule has 0 spiro atoms. The van der Waals surface area contributed by atoms with Crippen LogP contribution in [0.25, 0.3) is 10.8 Å². The van der Waals surface area contributed by atoms with Gasteiger partial charge in [-0.25, -0.2) is 0 Å². The Kier molecular flexibility index (Phi) is 4.31. The summed E-state index contributed by atoms with van der Waals surface area (Å²) < 4.78 is 51.6. The minimum absolute atomic E-state index is 0.0872. The minimum Gasteiger partial charge on any atom is -0.454 e. The zero-order valence-corrected chi connectivity index (χ0v) is 15.1. The number of benzene rings is 3. The van der Waals surface area contributed by atoms with E-state index in [2.05, 4.69) is 15.9 Å². The fraction of sp³-hybridized carbons (Fsp3) is 0.200. The number of fused-ring (bicyclic) bond motifs is 2. The van der Waals surface area contributed by atoms with Gasteiger partial charge in [-0.1, -0.05) is 52.3 Å². The number of alkyl halides is 3. The number of ether oxygens (including phenoxy) is 2. The molecule has 1 aliphatic rings. The van der Waals surface area contributed by atoms with Crippen LogP contribution in [-0.2, 0) is 0 Å². The van der Waals surface area contributed by atoms with Crippen molar-refractivity contribution in [1.29, 1.82) is 0 Å². The molecule has 3 aromatic carbocycles. The first-order valence-corrected chi connectivity index (χ1v) is 8.85. The maximum absolute atomic E-state index is 13.4. The van der Waals surface area contributed by atoms with Gasteiger partial charge in [0.2, 0.25) is 6.79 Å². The van der Waals surface area contributed by atoms with Crippen LogP contribution in [0.15, 0.2) is 59.1 Å². The molecule has 6 heteroatoms. The van der Waals surface area contributed by atoms with Crippen molar-refractivity contribution in [2.45, 2.75) is 18.5 Å². The lowest BCUT2D eigenvalue weighted by molar-refractivity contribution is -0.136. The SMILES string of the molecule is FC(F)(F)C[C@@H](c1ccc2c(c1)OCO2)c1ccc(Br)c2ccccc12. The van der Waals surface area contributed by atoms with Crippen molar-refractivity contribution in [2.75, 3.05) is 6.79 Å². The van der Waals surface area contributed by atoms with E-state index in [9.17, 15) is 13.2 Å². The van der Waals surface area contributed by atoms with Crippen molar-refractivity contribution in [1.82, 2.24) is 0 Å². The molecule has 0 saturated heterocycles. The Bertz CT molecular complexity index is 969. The summed E-state index contributed by atoms with van der Waals surface area (Å²) >= 11 is 3.48. The van der Waals surface area contributed by atoms with Crippen molar-refractivity contribution in [2.24, 2.45) is 0 Å². The average Bonchev–Trinajstić information content (AvgIpc) is 3.07. The standard InChI is InChI=1S/C20H14BrF3O2/c21-17-7-6-14(13-3-1-2-4-15(13)17)16(10-20(22,23)24)12-5-8-18-19(9-12)26-11-25-18/h1-9,16H,10-11H2/t16-/m0/s1. The first-order chi connectivity index (χ1) is 12.4. The maximum atomic E-state index is 13.4. The summed E-state index contributed by atoms with van der Waals surface area (Å²) in [4.78, 5) is 0. The molecule has 1 heterocycles. The van der Waals surface area contributed by atoms with Crippen LogP contribution in [0.4, 0.5) is 13.2 Å². The zero-order valence-electron chi connectivity index (χ0n) is 13.5. The van der Waals surface area contributed by atoms with Crippen LogP contribution >= 0.6 is 15.9 Å². The summed E-state index contributed by atoms with van der Waals surface area (Å²) in [7, 11) is 0. The van der Waals surface area contributed by atoms with E-state index in [0.29, 0.717) is 22.6 Å². The Balaban J connectivity index is 1.88. The van der Waals surface area contributed by atoms with Gasteiger partial charge < -0.3 is 9.47 Å². The smallest absolute Gasteiger partial charge is 0.390 e. The molecule has 0 aromatic heterocycles. The Morgan fingerprint density at radius 2 is 1.65 bits per heavy atom. The van der Waals surface area contributed by atoms with Crippen molar-refractivity contribution < 1.29 is 22.6 Å². The summed E-state index contributed by atoms with van der Waals surface area (Å²) in [6.45, 7) is 0.0872. The summed E-state index contributed by atoms with van der Waals surface area (Å²) in [6, 6.07) is 16.0. The molecule has 26 heavy (non-hydrogen) atoms. The second-order valence-electron chi connectivity index (χ2n) is 6.17. The molecule has 4 rings (SSSR count). The topological polar surface area (TPSA) is 18.5 Å². The molecule has 0 aliphatic carbocycles. The molecule has 0 radical (unpaired) electrons. The van der Waals surface area contributed by atoms with E-state index in [1.165, 1.54) is 0 Å². The molecule has 0 unspecified atom stereocenters. The summed E-state index contributed by atoms with van der Waals surface area (Å²) in [5.74, 6) is 0.207. The lowest BCUT2D eigenvalue weighted by Gasteiger charge is -2.22. The second kappa shape index (κ2) is 6.50. The fourth-order valence-electron chi connectivity index (χ4n) is 3.36. The van der Waals surface area contributed by atoms with Gasteiger partial charge in [0.25, 0.3) is 0 Å². The lowest BCUT2D eigenvalue weighted by Crippen LogP contribution is -2.15. The Labute approximate surface area is 156 Å². The predicted molar refractivity (Wildman–Crippen MR) is 96.7 cm³/mol. The van der Waals surface area contributed by atoms with E-state index in [1.54, 1.807) is 30.3 Å². The third-order valence-electron chi connectivity index (χ3n) is 4.51. The van der Waals surface area contributed by atoms with Crippen molar-refractivity contribution in [3.05, 3.63) is 70.2 Å². The van der Waals surface area contributed by atoms with Gasteiger partial charge in [-0.05, 0) is 40.1 Å². The van der Waals surface area contributed by atoms with Gasteiger partial charge in [-0.3, -0.25) is 0 Å². The Morgan fingerprint density at radius 3 is 2.42 bits per heavy atom. The molecule has 0 saturated carbocycles. The zero-order chi connectivity index (χ0) is 18.3. The highest BCUT2D eigenvalue weighted by Crippen LogP contribution is 2.43. The van der Waals surface area contributed by atoms with Crippen molar-refractivity contribution in [3.8, 4) is 11.5 Å². The predicted octanol–water partition coefficient (Wildman–Crippen LogP) is 6.42. The molecule has 134 valence electrons. The van der Waals surface area contributed by atoms with Gasteiger partial charge in [-0.2, -0.15) is 13.2 Å². The van der Waals surface area contributed by atoms with Crippen LogP contribution in [0.3, 0.4) is 0 Å². The largest absolute Gasteiger partial charge is 0.454 e. The first-order valence-electron chi connectivity index (χ1n) is 8.06.